The van der Waals surface area contributed by atoms with E-state index in [0.29, 0.717) is 53.7 Å². The largest absolute Gasteiger partial charge is 0.476 e. The number of fused-ring (bicyclic) bond motifs is 2. The van der Waals surface area contributed by atoms with Crippen molar-refractivity contribution in [3.63, 3.8) is 0 Å². The molecule has 39 heavy (non-hydrogen) atoms. The van der Waals surface area contributed by atoms with Gasteiger partial charge in [0.2, 0.25) is 0 Å². The third-order valence-corrected chi connectivity index (χ3v) is 7.16. The molecule has 2 aliphatic rings. The van der Waals surface area contributed by atoms with Crippen LogP contribution in [0.1, 0.15) is 24.1 Å². The minimum absolute atomic E-state index is 0.00836. The highest BCUT2D eigenvalue weighted by atomic mass is 19.1. The number of imidazole rings is 1. The van der Waals surface area contributed by atoms with E-state index in [4.69, 9.17) is 9.47 Å². The summed E-state index contributed by atoms with van der Waals surface area (Å²) in [5.41, 5.74) is 1.58. The minimum atomic E-state index is -0.927. The van der Waals surface area contributed by atoms with Gasteiger partial charge in [-0.1, -0.05) is 6.07 Å². The molecule has 2 aliphatic heterocycles. The lowest BCUT2D eigenvalue weighted by Gasteiger charge is -2.45. The third-order valence-electron chi connectivity index (χ3n) is 7.16. The fourth-order valence-electron chi connectivity index (χ4n) is 5.23. The van der Waals surface area contributed by atoms with Gasteiger partial charge in [0.05, 0.1) is 23.6 Å². The van der Waals surface area contributed by atoms with Gasteiger partial charge in [0.15, 0.2) is 29.1 Å². The Labute approximate surface area is 221 Å². The van der Waals surface area contributed by atoms with E-state index in [0.717, 1.165) is 0 Å². The molecule has 3 aromatic heterocycles. The molecular weight excluding hydrogens is 510 g/mol. The molecule has 6 rings (SSSR count). The second kappa shape index (κ2) is 9.09. The molecule has 1 fully saturated rings. The first-order valence-corrected chi connectivity index (χ1v) is 12.3. The zero-order chi connectivity index (χ0) is 27.5. The number of pyridine rings is 1. The molecule has 4 aromatic rings. The van der Waals surface area contributed by atoms with Gasteiger partial charge in [-0.05, 0) is 33.0 Å². The minimum Gasteiger partial charge on any atom is -0.476 e. The molecule has 5 heterocycles. The average molecular weight is 535 g/mol. The number of hydrogen-bond acceptors (Lipinski definition) is 8. The summed E-state index contributed by atoms with van der Waals surface area (Å²) in [5.74, 6) is -1.08. The van der Waals surface area contributed by atoms with Crippen molar-refractivity contribution in [1.29, 1.82) is 0 Å². The fraction of sp³-hybridized carbons (Fsp3) is 0.296. The van der Waals surface area contributed by atoms with Crippen LogP contribution in [-0.2, 0) is 26.5 Å². The van der Waals surface area contributed by atoms with Gasteiger partial charge in [0, 0.05) is 48.9 Å². The first kappa shape index (κ1) is 24.9. The molecule has 1 aromatic carbocycles. The summed E-state index contributed by atoms with van der Waals surface area (Å²) in [6.45, 7) is 4.68. The Morgan fingerprint density at radius 1 is 1.21 bits per heavy atom. The summed E-state index contributed by atoms with van der Waals surface area (Å²) in [5, 5.41) is 0. The molecule has 1 atom stereocenters. The molecule has 12 heteroatoms. The number of para-hydroxylation sites is 1. The number of aryl methyl sites for hydroxylation is 1. The second-order valence-electron chi connectivity index (χ2n) is 9.86. The molecule has 200 valence electrons. The monoisotopic (exact) mass is 534 g/mol. The number of likely N-dealkylation sites (N-methyl/N-ethyl adjacent to an activating group) is 1. The lowest BCUT2D eigenvalue weighted by Crippen LogP contribution is -2.59. The number of amides is 1. The van der Waals surface area contributed by atoms with Crippen LogP contribution in [0.25, 0.3) is 16.8 Å². The molecule has 10 nitrogen and oxygen atoms in total. The lowest BCUT2D eigenvalue weighted by atomic mass is 9.93. The van der Waals surface area contributed by atoms with Gasteiger partial charge in [0.1, 0.15) is 11.5 Å². The normalized spacial score (nSPS) is 18.4. The van der Waals surface area contributed by atoms with E-state index >= 15 is 4.39 Å². The topological polar surface area (TPSA) is 102 Å². The Balaban J connectivity index is 1.38. The third kappa shape index (κ3) is 3.98. The maximum atomic E-state index is 15.2. The van der Waals surface area contributed by atoms with Gasteiger partial charge >= 0.3 is 0 Å². The Morgan fingerprint density at radius 3 is 2.64 bits per heavy atom. The van der Waals surface area contributed by atoms with Gasteiger partial charge in [0.25, 0.3) is 12.4 Å². The van der Waals surface area contributed by atoms with E-state index in [1.165, 1.54) is 35.5 Å². The molecule has 0 aliphatic carbocycles. The average Bonchev–Trinajstić information content (AvgIpc) is 3.19. The van der Waals surface area contributed by atoms with E-state index in [1.54, 1.807) is 30.5 Å². The van der Waals surface area contributed by atoms with Crippen molar-refractivity contribution in [3.8, 4) is 16.9 Å². The summed E-state index contributed by atoms with van der Waals surface area (Å²) >= 11 is 0. The van der Waals surface area contributed by atoms with Gasteiger partial charge in [-0.25, -0.2) is 23.7 Å². The Kier molecular flexibility index (Phi) is 5.79. The number of carbonyl (C=O) groups is 2. The van der Waals surface area contributed by atoms with Crippen LogP contribution in [0.15, 0.2) is 42.9 Å². The molecule has 1 amide bonds. The van der Waals surface area contributed by atoms with E-state index in [-0.39, 0.29) is 23.8 Å². The number of halogens is 2. The zero-order valence-corrected chi connectivity index (χ0v) is 21.4. The number of likely N-dealkylation sites (tertiary alicyclic amines) is 1. The highest BCUT2D eigenvalue weighted by molar-refractivity contribution is 5.99. The van der Waals surface area contributed by atoms with Crippen molar-refractivity contribution < 1.29 is 27.8 Å². The molecular formula is C27H24F2N6O4. The van der Waals surface area contributed by atoms with Crippen molar-refractivity contribution in [2.24, 2.45) is 0 Å². The van der Waals surface area contributed by atoms with Crippen molar-refractivity contribution in [3.05, 3.63) is 71.7 Å². The van der Waals surface area contributed by atoms with Crippen molar-refractivity contribution >= 4 is 23.7 Å². The lowest BCUT2D eigenvalue weighted by molar-refractivity contribution is -0.167. The summed E-state index contributed by atoms with van der Waals surface area (Å²) in [7, 11) is 1.89. The van der Waals surface area contributed by atoms with Crippen molar-refractivity contribution in [2.45, 2.75) is 32.1 Å². The molecule has 0 spiro atoms. The number of rotatable bonds is 6. The van der Waals surface area contributed by atoms with Crippen LogP contribution < -0.4 is 9.64 Å². The van der Waals surface area contributed by atoms with Crippen molar-refractivity contribution in [1.82, 2.24) is 24.3 Å². The maximum absolute atomic E-state index is 15.2. The highest BCUT2D eigenvalue weighted by Crippen LogP contribution is 2.38. The zero-order valence-electron chi connectivity index (χ0n) is 21.4. The SMILES string of the molecule is Cc1nc2cc(F)c(-c3cnc(C4(OC=O)CN(C)C4)nc3)cn2c1CN1C(=O)[C@@H](C)Oc2c(F)cccc21. The quantitative estimate of drug-likeness (QED) is 0.348. The van der Waals surface area contributed by atoms with E-state index in [9.17, 15) is 14.0 Å². The summed E-state index contributed by atoms with van der Waals surface area (Å²) in [6, 6.07) is 5.70. The first-order chi connectivity index (χ1) is 18.7. The van der Waals surface area contributed by atoms with Gasteiger partial charge in [-0.3, -0.25) is 19.4 Å². The van der Waals surface area contributed by atoms with E-state index < -0.39 is 23.3 Å². The smallest absolute Gasteiger partial charge is 0.294 e. The van der Waals surface area contributed by atoms with Crippen LogP contribution in [0.2, 0.25) is 0 Å². The molecule has 0 bridgehead atoms. The van der Waals surface area contributed by atoms with E-state index in [2.05, 4.69) is 15.0 Å². The van der Waals surface area contributed by atoms with Gasteiger partial charge in [-0.15, -0.1) is 0 Å². The molecule has 0 saturated carbocycles. The summed E-state index contributed by atoms with van der Waals surface area (Å²) < 4.78 is 42.2. The van der Waals surface area contributed by atoms with Crippen molar-refractivity contribution in [2.75, 3.05) is 25.0 Å². The highest BCUT2D eigenvalue weighted by Gasteiger charge is 2.47. The predicted octanol–water partition coefficient (Wildman–Crippen LogP) is 3.01. The standard InChI is InChI=1S/C27H24F2N6O4/c1-15-22(11-35-21-6-4-5-19(28)24(21)39-16(2)25(35)37)34-10-18(20(29)7-23(34)32-15)17-8-30-26(31-9-17)27(38-14-36)12-33(3)13-27/h4-10,14,16H,11-13H2,1-3H3/t16-/m1/s1. The predicted molar refractivity (Wildman–Crippen MR) is 135 cm³/mol. The number of benzene rings is 1. The summed E-state index contributed by atoms with van der Waals surface area (Å²) in [4.78, 5) is 40.8. The van der Waals surface area contributed by atoms with Crippen LogP contribution >= 0.6 is 0 Å². The van der Waals surface area contributed by atoms with Crippen LogP contribution in [0, 0.1) is 18.6 Å². The summed E-state index contributed by atoms with van der Waals surface area (Å²) in [6.07, 6.45) is 3.67. The number of aromatic nitrogens is 4. The molecule has 0 N–H and O–H groups in total. The van der Waals surface area contributed by atoms with Gasteiger partial charge < -0.3 is 13.9 Å². The Bertz CT molecular complexity index is 1620. The molecule has 0 unspecified atom stereocenters. The van der Waals surface area contributed by atoms with E-state index in [1.807, 2.05) is 11.9 Å². The maximum Gasteiger partial charge on any atom is 0.294 e. The molecule has 1 saturated heterocycles. The van der Waals surface area contributed by atoms with Crippen LogP contribution in [0.3, 0.4) is 0 Å². The van der Waals surface area contributed by atoms with Crippen LogP contribution in [0.5, 0.6) is 5.75 Å². The Hall–Kier alpha value is -4.45. The number of carbonyl (C=O) groups excluding carboxylic acids is 2. The van der Waals surface area contributed by atoms with Crippen LogP contribution in [-0.4, -0.2) is 62.9 Å². The number of ether oxygens (including phenoxy) is 2. The Morgan fingerprint density at radius 2 is 1.95 bits per heavy atom. The van der Waals surface area contributed by atoms with Gasteiger partial charge in [-0.2, -0.15) is 0 Å². The number of hydrogen-bond donors (Lipinski definition) is 0. The number of nitrogens with zero attached hydrogens (tertiary/aromatic N) is 6. The fourth-order valence-corrected chi connectivity index (χ4v) is 5.23. The molecule has 0 radical (unpaired) electrons. The first-order valence-electron chi connectivity index (χ1n) is 12.3. The number of anilines is 1. The second-order valence-corrected chi connectivity index (χ2v) is 9.86. The van der Waals surface area contributed by atoms with Crippen LogP contribution in [0.4, 0.5) is 14.5 Å².